The summed E-state index contributed by atoms with van der Waals surface area (Å²) in [6.07, 6.45) is 9.01. The Morgan fingerprint density at radius 1 is 0.870 bits per heavy atom. The molecule has 2 aromatic rings. The van der Waals surface area contributed by atoms with Crippen LogP contribution in [0.2, 0.25) is 36.3 Å². The van der Waals surface area contributed by atoms with Crippen molar-refractivity contribution in [2.45, 2.75) is 97.1 Å². The van der Waals surface area contributed by atoms with Crippen LogP contribution in [-0.2, 0) is 9.16 Å². The fraction of sp³-hybridized carbons (Fsp3) is 0.526. The highest BCUT2D eigenvalue weighted by molar-refractivity contribution is 6.75. The molecule has 1 saturated heterocycles. The smallest absolute Gasteiger partial charge is 0.250 e. The third-order valence-corrected chi connectivity index (χ3v) is 19.0. The molecule has 0 atom stereocenters. The molecule has 0 radical (unpaired) electrons. The van der Waals surface area contributed by atoms with Crippen molar-refractivity contribution in [1.82, 2.24) is 0 Å². The number of fused-ring (bicyclic) bond motifs is 4. The van der Waals surface area contributed by atoms with Gasteiger partial charge in [0.25, 0.3) is 8.32 Å². The van der Waals surface area contributed by atoms with E-state index >= 15 is 0 Å². The minimum absolute atomic E-state index is 0.0127. The normalized spacial score (nSPS) is 16.9. The molecule has 5 rings (SSSR count). The Bertz CT molecular complexity index is 1640. The number of hydrogen-bond donors (Lipinski definition) is 1. The Labute approximate surface area is 278 Å². The molecule has 0 aromatic heterocycles. The first-order valence-electron chi connectivity index (χ1n) is 16.8. The van der Waals surface area contributed by atoms with Crippen LogP contribution in [0.3, 0.4) is 0 Å². The summed E-state index contributed by atoms with van der Waals surface area (Å²) in [5.41, 5.74) is 5.53. The first-order valence-corrected chi connectivity index (χ1v) is 22.6. The molecule has 1 fully saturated rings. The molecule has 46 heavy (non-hydrogen) atoms. The van der Waals surface area contributed by atoms with E-state index in [4.69, 9.17) is 23.1 Å². The van der Waals surface area contributed by atoms with Gasteiger partial charge < -0.3 is 28.2 Å². The second-order valence-electron chi connectivity index (χ2n) is 15.7. The largest absolute Gasteiger partial charge is 0.543 e. The summed E-state index contributed by atoms with van der Waals surface area (Å²) >= 11 is 0. The molecule has 2 aliphatic heterocycles. The third-order valence-electron chi connectivity index (χ3n) is 10.3. The Balaban J connectivity index is 1.85. The first-order chi connectivity index (χ1) is 21.5. The molecule has 1 aliphatic carbocycles. The highest BCUT2D eigenvalue weighted by Crippen LogP contribution is 2.43. The maximum Gasteiger partial charge on any atom is 0.250 e. The van der Waals surface area contributed by atoms with Gasteiger partial charge in [-0.2, -0.15) is 0 Å². The van der Waals surface area contributed by atoms with Crippen LogP contribution in [-0.4, -0.2) is 54.8 Å². The number of allylic oxidation sites excluding steroid dienone is 1. The van der Waals surface area contributed by atoms with Crippen LogP contribution in [0.25, 0.3) is 28.9 Å². The van der Waals surface area contributed by atoms with Crippen molar-refractivity contribution >= 4 is 34.4 Å². The van der Waals surface area contributed by atoms with Gasteiger partial charge in [0.1, 0.15) is 23.0 Å². The molecule has 8 heteroatoms. The van der Waals surface area contributed by atoms with E-state index in [9.17, 15) is 5.11 Å². The maximum absolute atomic E-state index is 9.21. The van der Waals surface area contributed by atoms with Crippen molar-refractivity contribution in [3.63, 3.8) is 0 Å². The highest BCUT2D eigenvalue weighted by atomic mass is 28.4. The van der Waals surface area contributed by atoms with Gasteiger partial charge in [0.05, 0.1) is 26.4 Å². The zero-order valence-corrected chi connectivity index (χ0v) is 31.7. The third kappa shape index (κ3) is 6.91. The van der Waals surface area contributed by atoms with E-state index < -0.39 is 16.6 Å². The zero-order chi connectivity index (χ0) is 33.5. The summed E-state index contributed by atoms with van der Waals surface area (Å²) in [7, 11) is -4.46. The topological polar surface area (TPSA) is 66.4 Å². The van der Waals surface area contributed by atoms with Gasteiger partial charge >= 0.3 is 0 Å². The lowest BCUT2D eigenvalue weighted by Crippen LogP contribution is -2.46. The van der Waals surface area contributed by atoms with E-state index in [1.807, 2.05) is 12.1 Å². The summed E-state index contributed by atoms with van der Waals surface area (Å²) < 4.78 is 33.2. The van der Waals surface area contributed by atoms with Crippen molar-refractivity contribution in [2.75, 3.05) is 33.0 Å². The minimum Gasteiger partial charge on any atom is -0.543 e. The number of hydrogen-bond acceptors (Lipinski definition) is 6. The van der Waals surface area contributed by atoms with Gasteiger partial charge in [0.2, 0.25) is 8.32 Å². The lowest BCUT2D eigenvalue weighted by molar-refractivity contribution is 0.158. The molecular weight excluding hydrogens is 609 g/mol. The minimum atomic E-state index is -2.32. The van der Waals surface area contributed by atoms with E-state index in [0.29, 0.717) is 32.8 Å². The molecule has 2 heterocycles. The van der Waals surface area contributed by atoms with Gasteiger partial charge in [-0.15, -0.1) is 0 Å². The van der Waals surface area contributed by atoms with E-state index in [1.165, 1.54) is 5.57 Å². The summed E-state index contributed by atoms with van der Waals surface area (Å²) in [5, 5.41) is 11.4. The number of ether oxygens (including phenoxy) is 3. The number of aliphatic hydroxyl groups excluding tert-OH is 1. The first kappa shape index (κ1) is 34.5. The zero-order valence-electron chi connectivity index (χ0n) is 29.7. The van der Waals surface area contributed by atoms with Crippen LogP contribution in [0.5, 0.6) is 17.2 Å². The summed E-state index contributed by atoms with van der Waals surface area (Å²) in [6.45, 7) is 25.3. The van der Waals surface area contributed by atoms with Crippen LogP contribution < -0.4 is 24.3 Å². The Morgan fingerprint density at radius 2 is 1.54 bits per heavy atom. The van der Waals surface area contributed by atoms with Gasteiger partial charge in [-0.3, -0.25) is 0 Å². The highest BCUT2D eigenvalue weighted by Gasteiger charge is 2.42. The van der Waals surface area contributed by atoms with Gasteiger partial charge in [0, 0.05) is 41.0 Å². The molecular formula is C38H54O6Si2. The summed E-state index contributed by atoms with van der Waals surface area (Å²) in [4.78, 5) is 0. The monoisotopic (exact) mass is 662 g/mol. The van der Waals surface area contributed by atoms with Crippen LogP contribution in [0.15, 0.2) is 41.7 Å². The molecule has 0 spiro atoms. The quantitative estimate of drug-likeness (QED) is 0.217. The molecule has 0 amide bonds. The van der Waals surface area contributed by atoms with Crippen molar-refractivity contribution in [1.29, 1.82) is 0 Å². The van der Waals surface area contributed by atoms with Crippen LogP contribution in [0, 0.1) is 0 Å². The van der Waals surface area contributed by atoms with Crippen molar-refractivity contribution in [3.05, 3.63) is 57.7 Å². The fourth-order valence-corrected chi connectivity index (χ4v) is 7.55. The van der Waals surface area contributed by atoms with Crippen LogP contribution in [0.1, 0.15) is 66.4 Å². The lowest BCUT2D eigenvalue weighted by atomic mass is 9.91. The predicted octanol–water partition coefficient (Wildman–Crippen LogP) is 7.94. The second-order valence-corrected chi connectivity index (χ2v) is 25.2. The number of rotatable bonds is 9. The standard InChI is InChI=1S/C38H54O6Si2/c1-37(2,3)45(7,8)43-29-23-27-18-22-40-25-32(27)34-31(24-29)35-30(13-11-20-42-35)33(36(34)44-46(9,10)38(4,5)6)26-14-16-28(17-15-26)41-21-12-19-39/h13-17,23-24,39H,11-12,18-22,25H2,1-10H3. The van der Waals surface area contributed by atoms with Gasteiger partial charge in [0.15, 0.2) is 0 Å². The summed E-state index contributed by atoms with van der Waals surface area (Å²) in [6, 6.07) is 8.26. The van der Waals surface area contributed by atoms with Gasteiger partial charge in [-0.1, -0.05) is 59.8 Å². The van der Waals surface area contributed by atoms with E-state index in [0.717, 1.165) is 68.6 Å². The average molecular weight is 663 g/mol. The molecule has 0 bridgehead atoms. The summed E-state index contributed by atoms with van der Waals surface area (Å²) in [5.74, 6) is 3.47. The average Bonchev–Trinajstić information content (AvgIpc) is 3.13. The predicted molar refractivity (Wildman–Crippen MR) is 194 cm³/mol. The molecule has 6 nitrogen and oxygen atoms in total. The van der Waals surface area contributed by atoms with Crippen molar-refractivity contribution in [2.24, 2.45) is 0 Å². The van der Waals surface area contributed by atoms with Crippen LogP contribution in [0.4, 0.5) is 0 Å². The van der Waals surface area contributed by atoms with Gasteiger partial charge in [-0.05, 0) is 83.7 Å². The molecule has 0 saturated carbocycles. The fourth-order valence-electron chi connectivity index (χ4n) is 5.52. The SMILES string of the molecule is CC(C)(C)[Si](C)(C)OC1=Cc2c3c(c(-c4ccc(OCCCO)cc4)c(O[Si](C)(C)C(C)(C)C)c2=C2COCCC2=C1)=CCCO3. The second kappa shape index (κ2) is 13.0. The van der Waals surface area contributed by atoms with Crippen molar-refractivity contribution < 1.29 is 28.2 Å². The number of benzene rings is 2. The number of aliphatic hydroxyl groups is 1. The van der Waals surface area contributed by atoms with E-state index in [-0.39, 0.29) is 16.7 Å². The Morgan fingerprint density at radius 3 is 2.20 bits per heavy atom. The van der Waals surface area contributed by atoms with Gasteiger partial charge in [-0.25, -0.2) is 0 Å². The van der Waals surface area contributed by atoms with E-state index in [2.05, 4.69) is 98.1 Å². The Kier molecular flexibility index (Phi) is 9.78. The molecule has 250 valence electrons. The molecule has 3 aliphatic rings. The van der Waals surface area contributed by atoms with Crippen molar-refractivity contribution in [3.8, 4) is 28.4 Å². The molecule has 0 unspecified atom stereocenters. The molecule has 2 aromatic carbocycles. The lowest BCUT2D eigenvalue weighted by Gasteiger charge is -2.38. The van der Waals surface area contributed by atoms with Crippen LogP contribution >= 0.6 is 0 Å². The molecule has 1 N–H and O–H groups in total. The maximum atomic E-state index is 9.21. The Hall–Kier alpha value is -2.79. The van der Waals surface area contributed by atoms with E-state index in [1.54, 1.807) is 0 Å².